The molecule has 11 heteroatoms. The molecule has 1 aromatic carbocycles. The van der Waals surface area contributed by atoms with Crippen LogP contribution in [0.25, 0.3) is 0 Å². The first-order chi connectivity index (χ1) is 17.1. The molecule has 0 spiro atoms. The van der Waals surface area contributed by atoms with E-state index in [2.05, 4.69) is 9.80 Å². The lowest BCUT2D eigenvalue weighted by Gasteiger charge is -2.33. The standard InChI is InChI=1S/C26H37N3O7.H2O.2H2/c1-28-5-7-29(8-6-28)14-24(35)18-2-3-21(32)26-19(18)11-16(12-23(26)34)10-17(4-9-30)20(15-31)22(33)13-25(27)36;;;/h2-3,16-17,20,30-32H,4-15H2,1H3,(H2,27,36);1H2;2*1H. The van der Waals surface area contributed by atoms with Crippen molar-refractivity contribution < 1.29 is 42.8 Å². The molecule has 3 unspecified atom stereocenters. The second-order valence-corrected chi connectivity index (χ2v) is 10.1. The predicted molar refractivity (Wildman–Crippen MR) is 140 cm³/mol. The Morgan fingerprint density at radius 1 is 1.14 bits per heavy atom. The number of carbonyl (C=O) groups is 4. The third-order valence-electron chi connectivity index (χ3n) is 7.46. The number of Topliss-reactive ketones (excluding diaryl/α,β-unsaturated/α-hetero) is 3. The number of benzene rings is 1. The monoisotopic (exact) mass is 525 g/mol. The van der Waals surface area contributed by atoms with Gasteiger partial charge >= 0.3 is 0 Å². The van der Waals surface area contributed by atoms with Gasteiger partial charge in [0.2, 0.25) is 5.91 Å². The van der Waals surface area contributed by atoms with Crippen LogP contribution in [0.15, 0.2) is 12.1 Å². The molecule has 1 aromatic rings. The van der Waals surface area contributed by atoms with Gasteiger partial charge in [0, 0.05) is 53.5 Å². The van der Waals surface area contributed by atoms with Crippen LogP contribution in [0.4, 0.5) is 0 Å². The number of aromatic hydroxyl groups is 1. The Hall–Kier alpha value is -2.70. The van der Waals surface area contributed by atoms with Gasteiger partial charge in [-0.15, -0.1) is 0 Å². The summed E-state index contributed by atoms with van der Waals surface area (Å²) in [4.78, 5) is 54.3. The quantitative estimate of drug-likeness (QED) is 0.209. The molecule has 1 amide bonds. The molecule has 0 aromatic heterocycles. The zero-order valence-electron chi connectivity index (χ0n) is 21.3. The molecule has 1 saturated heterocycles. The van der Waals surface area contributed by atoms with Gasteiger partial charge in [0.25, 0.3) is 0 Å². The Labute approximate surface area is 219 Å². The first-order valence-electron chi connectivity index (χ1n) is 12.5. The van der Waals surface area contributed by atoms with Crippen LogP contribution in [-0.2, 0) is 16.0 Å². The SMILES string of the molecule is CN1CCN(CC(=O)c2ccc(O)c3c2CC(CC(CCO)C(CO)C(=O)CC(N)=O)CC3=O)CC1.O.[HH].[HH]. The lowest BCUT2D eigenvalue weighted by Crippen LogP contribution is -2.46. The summed E-state index contributed by atoms with van der Waals surface area (Å²) >= 11 is 0. The van der Waals surface area contributed by atoms with E-state index in [4.69, 9.17) is 5.73 Å². The molecule has 1 heterocycles. The topological polar surface area (TPSA) is 193 Å². The van der Waals surface area contributed by atoms with Gasteiger partial charge in [0.1, 0.15) is 11.5 Å². The van der Waals surface area contributed by atoms with Crippen molar-refractivity contribution in [3.8, 4) is 5.75 Å². The van der Waals surface area contributed by atoms with Crippen molar-refractivity contribution in [2.75, 3.05) is 53.0 Å². The molecule has 0 bridgehead atoms. The smallest absolute Gasteiger partial charge is 0.224 e. The van der Waals surface area contributed by atoms with Gasteiger partial charge in [-0.2, -0.15) is 0 Å². The Balaban J connectivity index is 0.00000481. The van der Waals surface area contributed by atoms with Crippen molar-refractivity contribution >= 4 is 23.3 Å². The van der Waals surface area contributed by atoms with E-state index >= 15 is 0 Å². The number of amides is 1. The van der Waals surface area contributed by atoms with Crippen LogP contribution in [0.1, 0.15) is 54.8 Å². The second-order valence-electron chi connectivity index (χ2n) is 10.1. The van der Waals surface area contributed by atoms with E-state index in [0.29, 0.717) is 24.0 Å². The van der Waals surface area contributed by atoms with Crippen LogP contribution < -0.4 is 5.73 Å². The Morgan fingerprint density at radius 2 is 1.81 bits per heavy atom. The third-order valence-corrected chi connectivity index (χ3v) is 7.46. The van der Waals surface area contributed by atoms with Crippen LogP contribution >= 0.6 is 0 Å². The van der Waals surface area contributed by atoms with E-state index < -0.39 is 36.6 Å². The molecule has 7 N–H and O–H groups in total. The fraction of sp³-hybridized carbons (Fsp3) is 0.615. The number of primary amides is 1. The number of nitrogens with zero attached hydrogens (tertiary/aromatic N) is 2. The number of fused-ring (bicyclic) bond motifs is 1. The van der Waals surface area contributed by atoms with Gasteiger partial charge in [-0.3, -0.25) is 24.1 Å². The number of aliphatic hydroxyl groups is 2. The highest BCUT2D eigenvalue weighted by atomic mass is 16.3. The average Bonchev–Trinajstić information content (AvgIpc) is 2.80. The lowest BCUT2D eigenvalue weighted by molar-refractivity contribution is -0.131. The van der Waals surface area contributed by atoms with Gasteiger partial charge in [-0.1, -0.05) is 0 Å². The molecule has 3 rings (SSSR count). The normalized spacial score (nSPS) is 20.0. The Bertz CT molecular complexity index is 1000. The number of aliphatic hydroxyl groups excluding tert-OH is 2. The maximum absolute atomic E-state index is 13.3. The maximum Gasteiger partial charge on any atom is 0.224 e. The summed E-state index contributed by atoms with van der Waals surface area (Å²) in [7, 11) is 2.04. The van der Waals surface area contributed by atoms with E-state index in [-0.39, 0.29) is 63.1 Å². The van der Waals surface area contributed by atoms with Crippen LogP contribution in [-0.4, -0.2) is 107 Å². The summed E-state index contributed by atoms with van der Waals surface area (Å²) in [6.07, 6.45) is 0.508. The summed E-state index contributed by atoms with van der Waals surface area (Å²) in [6, 6.07) is 2.97. The Kier molecular flexibility index (Phi) is 11.3. The average molecular weight is 526 g/mol. The van der Waals surface area contributed by atoms with Crippen molar-refractivity contribution in [3.63, 3.8) is 0 Å². The van der Waals surface area contributed by atoms with Crippen molar-refractivity contribution in [3.05, 3.63) is 28.8 Å². The molecule has 11 nitrogen and oxygen atoms in total. The van der Waals surface area contributed by atoms with E-state index in [9.17, 15) is 34.5 Å². The largest absolute Gasteiger partial charge is 0.507 e. The highest BCUT2D eigenvalue weighted by Crippen LogP contribution is 2.38. The van der Waals surface area contributed by atoms with Gasteiger partial charge < -0.3 is 31.4 Å². The van der Waals surface area contributed by atoms with Crippen LogP contribution in [0, 0.1) is 17.8 Å². The zero-order valence-corrected chi connectivity index (χ0v) is 21.3. The minimum absolute atomic E-state index is 0. The molecular formula is C26H43N3O8. The van der Waals surface area contributed by atoms with Crippen molar-refractivity contribution in [2.24, 2.45) is 23.5 Å². The number of piperazine rings is 1. The number of phenols is 1. The number of hydrogen-bond donors (Lipinski definition) is 4. The molecule has 0 radical (unpaired) electrons. The van der Waals surface area contributed by atoms with Crippen molar-refractivity contribution in [2.45, 2.75) is 32.1 Å². The van der Waals surface area contributed by atoms with Crippen LogP contribution in [0.2, 0.25) is 0 Å². The van der Waals surface area contributed by atoms with Crippen molar-refractivity contribution in [1.82, 2.24) is 9.80 Å². The summed E-state index contributed by atoms with van der Waals surface area (Å²) in [6.45, 7) is 2.79. The van der Waals surface area contributed by atoms with Gasteiger partial charge in [-0.25, -0.2) is 0 Å². The second kappa shape index (κ2) is 13.7. The van der Waals surface area contributed by atoms with E-state index in [1.807, 2.05) is 7.05 Å². The zero-order chi connectivity index (χ0) is 26.4. The molecule has 1 fully saturated rings. The molecule has 37 heavy (non-hydrogen) atoms. The number of rotatable bonds is 12. The fourth-order valence-electron chi connectivity index (χ4n) is 5.50. The number of hydrogen-bond acceptors (Lipinski definition) is 9. The highest BCUT2D eigenvalue weighted by Gasteiger charge is 2.36. The minimum Gasteiger partial charge on any atom is -0.507 e. The number of nitrogens with two attached hydrogens (primary N) is 1. The molecule has 210 valence electrons. The molecule has 0 saturated carbocycles. The lowest BCUT2D eigenvalue weighted by atomic mass is 9.72. The third kappa shape index (κ3) is 7.65. The van der Waals surface area contributed by atoms with Gasteiger partial charge in [0.05, 0.1) is 25.1 Å². The molecule has 1 aliphatic carbocycles. The summed E-state index contributed by atoms with van der Waals surface area (Å²) in [5.41, 5.74) is 6.26. The van der Waals surface area contributed by atoms with E-state index in [0.717, 1.165) is 26.2 Å². The molecular weight excluding hydrogens is 482 g/mol. The Morgan fingerprint density at radius 3 is 2.41 bits per heavy atom. The predicted octanol–water partition coefficient (Wildman–Crippen LogP) is -0.324. The van der Waals surface area contributed by atoms with Crippen LogP contribution in [0.5, 0.6) is 5.75 Å². The number of ketones is 3. The number of likely N-dealkylation sites (N-methyl/N-ethyl adjacent to an activating group) is 1. The summed E-state index contributed by atoms with van der Waals surface area (Å²) < 4.78 is 0. The first-order valence-corrected chi connectivity index (χ1v) is 12.5. The minimum atomic E-state index is -0.885. The molecule has 2 aliphatic rings. The van der Waals surface area contributed by atoms with E-state index in [1.165, 1.54) is 6.07 Å². The van der Waals surface area contributed by atoms with Gasteiger partial charge in [0.15, 0.2) is 11.6 Å². The molecule has 3 atom stereocenters. The first kappa shape index (κ1) is 30.5. The van der Waals surface area contributed by atoms with Gasteiger partial charge in [-0.05, 0) is 55.8 Å². The van der Waals surface area contributed by atoms with E-state index in [1.54, 1.807) is 6.07 Å². The fourth-order valence-corrected chi connectivity index (χ4v) is 5.50. The van der Waals surface area contributed by atoms with Crippen LogP contribution in [0.3, 0.4) is 0 Å². The maximum atomic E-state index is 13.3. The molecule has 1 aliphatic heterocycles. The highest BCUT2D eigenvalue weighted by molar-refractivity contribution is 6.07. The summed E-state index contributed by atoms with van der Waals surface area (Å²) in [5, 5.41) is 29.9. The van der Waals surface area contributed by atoms with Crippen molar-refractivity contribution in [1.29, 1.82) is 0 Å². The summed E-state index contributed by atoms with van der Waals surface area (Å²) in [5.74, 6) is -3.43. The number of carbonyl (C=O) groups excluding carboxylic acids is 4. The number of phenolic OH excluding ortho intramolecular Hbond substituents is 1.